The fourth-order valence-electron chi connectivity index (χ4n) is 1.73. The minimum absolute atomic E-state index is 0.139. The second-order valence-corrected chi connectivity index (χ2v) is 4.01. The van der Waals surface area contributed by atoms with E-state index in [9.17, 15) is 4.79 Å². The van der Waals surface area contributed by atoms with Crippen LogP contribution in [0.3, 0.4) is 0 Å². The number of carbonyl (C=O) groups is 1. The fourth-order valence-corrected chi connectivity index (χ4v) is 1.73. The smallest absolute Gasteiger partial charge is 0.272 e. The highest BCUT2D eigenvalue weighted by Crippen LogP contribution is 2.10. The lowest BCUT2D eigenvalue weighted by molar-refractivity contribution is 0.101. The van der Waals surface area contributed by atoms with Gasteiger partial charge in [-0.1, -0.05) is 6.92 Å². The molecule has 18 heavy (non-hydrogen) atoms. The number of amides is 1. The highest BCUT2D eigenvalue weighted by molar-refractivity contribution is 6.03. The Kier molecular flexibility index (Phi) is 3.62. The number of nitrogen functional groups attached to an aromatic ring is 1. The minimum Gasteiger partial charge on any atom is -0.384 e. The Labute approximate surface area is 106 Å². The Bertz CT molecular complexity index is 530. The zero-order valence-corrected chi connectivity index (χ0v) is 10.3. The molecule has 94 valence electrons. The van der Waals surface area contributed by atoms with E-state index < -0.39 is 0 Å². The van der Waals surface area contributed by atoms with Gasteiger partial charge in [-0.3, -0.25) is 4.79 Å². The van der Waals surface area contributed by atoms with Gasteiger partial charge in [0.2, 0.25) is 0 Å². The number of carbonyl (C=O) groups excluding carboxylic acids is 1. The molecule has 0 aliphatic rings. The van der Waals surface area contributed by atoms with Crippen molar-refractivity contribution >= 4 is 17.4 Å². The summed E-state index contributed by atoms with van der Waals surface area (Å²) < 4.78 is 1.93. The monoisotopic (exact) mass is 244 g/mol. The van der Waals surface area contributed by atoms with Crippen LogP contribution in [-0.2, 0) is 6.54 Å². The molecule has 0 fully saturated rings. The summed E-state index contributed by atoms with van der Waals surface area (Å²) in [5, 5.41) is 2.79. The van der Waals surface area contributed by atoms with Crippen LogP contribution in [0, 0.1) is 0 Å². The molecule has 1 amide bonds. The molecule has 0 aromatic carbocycles. The Hall–Kier alpha value is -2.30. The predicted octanol–water partition coefficient (Wildman–Crippen LogP) is 2.13. The highest BCUT2D eigenvalue weighted by atomic mass is 16.1. The SMILES string of the molecule is CCCn1cccc1C(=O)Nc1ccc(N)nc1. The Balaban J connectivity index is 2.11. The standard InChI is InChI=1S/C13H16N4O/c1-2-7-17-8-3-4-11(17)13(18)16-10-5-6-12(14)15-9-10/h3-6,8-9H,2,7H2,1H3,(H2,14,15)(H,16,18). The topological polar surface area (TPSA) is 72.9 Å². The van der Waals surface area contributed by atoms with Crippen molar-refractivity contribution < 1.29 is 4.79 Å². The molecular weight excluding hydrogens is 228 g/mol. The molecule has 5 nitrogen and oxygen atoms in total. The van der Waals surface area contributed by atoms with Gasteiger partial charge in [-0.15, -0.1) is 0 Å². The normalized spacial score (nSPS) is 10.3. The number of hydrogen-bond acceptors (Lipinski definition) is 3. The van der Waals surface area contributed by atoms with Crippen molar-refractivity contribution in [1.82, 2.24) is 9.55 Å². The van der Waals surface area contributed by atoms with Gasteiger partial charge in [0, 0.05) is 12.7 Å². The summed E-state index contributed by atoms with van der Waals surface area (Å²) in [4.78, 5) is 16.0. The van der Waals surface area contributed by atoms with Gasteiger partial charge in [0.1, 0.15) is 11.5 Å². The average molecular weight is 244 g/mol. The molecule has 2 aromatic rings. The second-order valence-electron chi connectivity index (χ2n) is 4.01. The van der Waals surface area contributed by atoms with Crippen molar-refractivity contribution in [2.45, 2.75) is 19.9 Å². The highest BCUT2D eigenvalue weighted by Gasteiger charge is 2.10. The molecule has 2 aromatic heterocycles. The molecule has 3 N–H and O–H groups in total. The summed E-state index contributed by atoms with van der Waals surface area (Å²) in [7, 11) is 0. The van der Waals surface area contributed by atoms with Crippen LogP contribution in [-0.4, -0.2) is 15.5 Å². The number of anilines is 2. The van der Waals surface area contributed by atoms with Gasteiger partial charge in [-0.25, -0.2) is 4.98 Å². The van der Waals surface area contributed by atoms with Crippen molar-refractivity contribution in [2.75, 3.05) is 11.1 Å². The third-order valence-corrected chi connectivity index (χ3v) is 2.57. The molecule has 2 rings (SSSR count). The Morgan fingerprint density at radius 2 is 2.28 bits per heavy atom. The van der Waals surface area contributed by atoms with Crippen LogP contribution in [0.1, 0.15) is 23.8 Å². The number of pyridine rings is 1. The van der Waals surface area contributed by atoms with Crippen molar-refractivity contribution in [3.63, 3.8) is 0 Å². The van der Waals surface area contributed by atoms with E-state index >= 15 is 0 Å². The predicted molar refractivity (Wildman–Crippen MR) is 71.3 cm³/mol. The molecular formula is C13H16N4O. The molecule has 2 heterocycles. The number of nitrogens with one attached hydrogen (secondary N) is 1. The zero-order valence-electron chi connectivity index (χ0n) is 10.3. The van der Waals surface area contributed by atoms with Gasteiger partial charge in [-0.05, 0) is 30.7 Å². The maximum absolute atomic E-state index is 12.1. The van der Waals surface area contributed by atoms with E-state index in [1.165, 1.54) is 0 Å². The quantitative estimate of drug-likeness (QED) is 0.865. The largest absolute Gasteiger partial charge is 0.384 e. The number of aryl methyl sites for hydroxylation is 1. The molecule has 0 spiro atoms. The Morgan fingerprint density at radius 3 is 2.94 bits per heavy atom. The summed E-state index contributed by atoms with van der Waals surface area (Å²) in [6.45, 7) is 2.90. The molecule has 0 saturated carbocycles. The maximum atomic E-state index is 12.1. The van der Waals surface area contributed by atoms with Crippen molar-refractivity contribution in [2.24, 2.45) is 0 Å². The first-order valence-electron chi connectivity index (χ1n) is 5.88. The van der Waals surface area contributed by atoms with Crippen LogP contribution in [0.15, 0.2) is 36.7 Å². The van der Waals surface area contributed by atoms with E-state index in [1.807, 2.05) is 16.8 Å². The molecule has 0 saturated heterocycles. The minimum atomic E-state index is -0.139. The van der Waals surface area contributed by atoms with Crippen LogP contribution >= 0.6 is 0 Å². The van der Waals surface area contributed by atoms with Crippen molar-refractivity contribution in [3.8, 4) is 0 Å². The van der Waals surface area contributed by atoms with Crippen LogP contribution in [0.25, 0.3) is 0 Å². The maximum Gasteiger partial charge on any atom is 0.272 e. The van der Waals surface area contributed by atoms with E-state index in [4.69, 9.17) is 5.73 Å². The fraction of sp³-hybridized carbons (Fsp3) is 0.231. The van der Waals surface area contributed by atoms with Crippen LogP contribution < -0.4 is 11.1 Å². The summed E-state index contributed by atoms with van der Waals surface area (Å²) in [5.41, 5.74) is 6.77. The van der Waals surface area contributed by atoms with Gasteiger partial charge < -0.3 is 15.6 Å². The molecule has 0 atom stereocenters. The molecule has 0 bridgehead atoms. The van der Waals surface area contributed by atoms with Crippen LogP contribution in [0.5, 0.6) is 0 Å². The lowest BCUT2D eigenvalue weighted by Gasteiger charge is -2.08. The molecule has 0 aliphatic heterocycles. The van der Waals surface area contributed by atoms with Crippen LogP contribution in [0.2, 0.25) is 0 Å². The summed E-state index contributed by atoms with van der Waals surface area (Å²) in [6, 6.07) is 7.05. The van der Waals surface area contributed by atoms with Gasteiger partial charge in [-0.2, -0.15) is 0 Å². The third-order valence-electron chi connectivity index (χ3n) is 2.57. The summed E-state index contributed by atoms with van der Waals surface area (Å²) in [5.74, 6) is 0.294. The molecule has 0 radical (unpaired) electrons. The first-order valence-corrected chi connectivity index (χ1v) is 5.88. The molecule has 5 heteroatoms. The Morgan fingerprint density at radius 1 is 1.44 bits per heavy atom. The van der Waals surface area contributed by atoms with Crippen molar-refractivity contribution in [3.05, 3.63) is 42.4 Å². The first-order chi connectivity index (χ1) is 8.70. The van der Waals surface area contributed by atoms with Gasteiger partial charge in [0.25, 0.3) is 5.91 Å². The number of aromatic nitrogens is 2. The van der Waals surface area contributed by atoms with E-state index in [0.29, 0.717) is 17.2 Å². The van der Waals surface area contributed by atoms with Gasteiger partial charge in [0.15, 0.2) is 0 Å². The summed E-state index contributed by atoms with van der Waals surface area (Å²) in [6.07, 6.45) is 4.43. The average Bonchev–Trinajstić information content (AvgIpc) is 2.81. The second kappa shape index (κ2) is 5.35. The third kappa shape index (κ3) is 2.68. The zero-order chi connectivity index (χ0) is 13.0. The van der Waals surface area contributed by atoms with E-state index in [2.05, 4.69) is 17.2 Å². The lowest BCUT2D eigenvalue weighted by atomic mass is 10.3. The van der Waals surface area contributed by atoms with Gasteiger partial charge in [0.05, 0.1) is 11.9 Å². The number of nitrogens with zero attached hydrogens (tertiary/aromatic N) is 2. The van der Waals surface area contributed by atoms with E-state index in [-0.39, 0.29) is 5.91 Å². The van der Waals surface area contributed by atoms with E-state index in [1.54, 1.807) is 24.4 Å². The molecule has 0 aliphatic carbocycles. The molecule has 0 unspecified atom stereocenters. The first kappa shape index (κ1) is 12.2. The number of rotatable bonds is 4. The van der Waals surface area contributed by atoms with Crippen molar-refractivity contribution in [1.29, 1.82) is 0 Å². The van der Waals surface area contributed by atoms with Crippen LogP contribution in [0.4, 0.5) is 11.5 Å². The van der Waals surface area contributed by atoms with Gasteiger partial charge >= 0.3 is 0 Å². The summed E-state index contributed by atoms with van der Waals surface area (Å²) >= 11 is 0. The lowest BCUT2D eigenvalue weighted by Crippen LogP contribution is -2.16. The number of nitrogens with two attached hydrogens (primary N) is 1. The number of hydrogen-bond donors (Lipinski definition) is 2. The van der Waals surface area contributed by atoms with E-state index in [0.717, 1.165) is 13.0 Å².